The Bertz CT molecular complexity index is 1200. The average molecular weight is 486 g/mol. The molecule has 0 saturated carbocycles. The maximum Gasteiger partial charge on any atom is 0.416 e. The van der Waals surface area contributed by atoms with E-state index in [1.165, 1.54) is 26.0 Å². The van der Waals surface area contributed by atoms with Gasteiger partial charge in [0.1, 0.15) is 5.75 Å². The molecule has 0 fully saturated rings. The lowest BCUT2D eigenvalue weighted by atomic mass is 10.0. The molecule has 184 valence electrons. The van der Waals surface area contributed by atoms with Crippen LogP contribution in [0.5, 0.6) is 5.75 Å². The number of carboxylic acid groups (broad SMARTS) is 1. The molecule has 0 aliphatic carbocycles. The van der Waals surface area contributed by atoms with E-state index in [4.69, 9.17) is 4.74 Å². The van der Waals surface area contributed by atoms with Gasteiger partial charge in [-0.15, -0.1) is 0 Å². The first kappa shape index (κ1) is 25.8. The van der Waals surface area contributed by atoms with Gasteiger partial charge in [0.15, 0.2) is 5.60 Å². The van der Waals surface area contributed by atoms with Crippen LogP contribution in [0, 0.1) is 6.92 Å². The van der Waals surface area contributed by atoms with Gasteiger partial charge in [0.25, 0.3) is 5.91 Å². The van der Waals surface area contributed by atoms with Crippen molar-refractivity contribution in [1.29, 1.82) is 0 Å². The molecule has 0 aliphatic rings. The van der Waals surface area contributed by atoms with Gasteiger partial charge in [0, 0.05) is 12.1 Å². The second kappa shape index (κ2) is 10.2. The lowest BCUT2D eigenvalue weighted by molar-refractivity contribution is -0.152. The van der Waals surface area contributed by atoms with E-state index >= 15 is 0 Å². The Morgan fingerprint density at radius 1 is 0.914 bits per heavy atom. The number of amides is 1. The van der Waals surface area contributed by atoms with Crippen molar-refractivity contribution in [2.75, 3.05) is 6.54 Å². The van der Waals surface area contributed by atoms with Crippen molar-refractivity contribution < 1.29 is 32.6 Å². The Labute approximate surface area is 201 Å². The number of aliphatic carboxylic acids is 1. The van der Waals surface area contributed by atoms with Gasteiger partial charge in [-0.1, -0.05) is 36.4 Å². The topological polar surface area (TPSA) is 75.6 Å². The third-order valence-corrected chi connectivity index (χ3v) is 5.51. The molecule has 0 atom stereocenters. The molecule has 0 saturated heterocycles. The summed E-state index contributed by atoms with van der Waals surface area (Å²) >= 11 is 0. The number of benzene rings is 3. The third-order valence-electron chi connectivity index (χ3n) is 5.51. The van der Waals surface area contributed by atoms with Gasteiger partial charge in [-0.05, 0) is 79.8 Å². The summed E-state index contributed by atoms with van der Waals surface area (Å²) in [5.41, 5.74) is 1.47. The Hall–Kier alpha value is -3.81. The molecule has 0 bridgehead atoms. The van der Waals surface area contributed by atoms with E-state index in [0.29, 0.717) is 35.4 Å². The van der Waals surface area contributed by atoms with Gasteiger partial charge in [-0.25, -0.2) is 4.79 Å². The molecular formula is C27H26F3NO4. The predicted octanol–water partition coefficient (Wildman–Crippen LogP) is 5.90. The Morgan fingerprint density at radius 2 is 1.49 bits per heavy atom. The highest BCUT2D eigenvalue weighted by Gasteiger charge is 2.30. The monoisotopic (exact) mass is 485 g/mol. The second-order valence-electron chi connectivity index (χ2n) is 8.68. The van der Waals surface area contributed by atoms with Crippen LogP contribution in [0.25, 0.3) is 11.1 Å². The van der Waals surface area contributed by atoms with Crippen LogP contribution >= 0.6 is 0 Å². The third kappa shape index (κ3) is 6.62. The minimum Gasteiger partial charge on any atom is -0.478 e. The number of carbonyl (C=O) groups excluding carboxylic acids is 1. The number of carboxylic acids is 1. The quantitative estimate of drug-likeness (QED) is 0.417. The number of halogens is 3. The standard InChI is InChI=1S/C27H26F3NO4/c1-17-16-18(4-13-23(17)35-26(2,3)25(33)34)14-15-31-24(32)21-7-5-19(6-8-21)20-9-11-22(12-10-20)27(28,29)30/h4-13,16H,14-15H2,1-3H3,(H,31,32)(H,33,34). The molecule has 8 heteroatoms. The zero-order valence-corrected chi connectivity index (χ0v) is 19.6. The van der Waals surface area contributed by atoms with Gasteiger partial charge in [-0.3, -0.25) is 4.79 Å². The maximum absolute atomic E-state index is 12.7. The van der Waals surface area contributed by atoms with Crippen molar-refractivity contribution in [2.24, 2.45) is 0 Å². The van der Waals surface area contributed by atoms with Crippen LogP contribution in [0.15, 0.2) is 66.7 Å². The summed E-state index contributed by atoms with van der Waals surface area (Å²) in [7, 11) is 0. The molecule has 2 N–H and O–H groups in total. The summed E-state index contributed by atoms with van der Waals surface area (Å²) in [5, 5.41) is 12.1. The molecule has 35 heavy (non-hydrogen) atoms. The summed E-state index contributed by atoms with van der Waals surface area (Å²) in [6.45, 7) is 5.18. The second-order valence-corrected chi connectivity index (χ2v) is 8.68. The minimum atomic E-state index is -4.38. The number of alkyl halides is 3. The fourth-order valence-electron chi connectivity index (χ4n) is 3.39. The van der Waals surface area contributed by atoms with E-state index in [9.17, 15) is 27.9 Å². The Morgan fingerprint density at radius 3 is 2.00 bits per heavy atom. The SMILES string of the molecule is Cc1cc(CCNC(=O)c2ccc(-c3ccc(C(F)(F)F)cc3)cc2)ccc1OC(C)(C)C(=O)O. The number of hydrogen-bond donors (Lipinski definition) is 2. The molecular weight excluding hydrogens is 459 g/mol. The summed E-state index contributed by atoms with van der Waals surface area (Å²) < 4.78 is 43.8. The number of aryl methyl sites for hydroxylation is 1. The molecule has 3 aromatic rings. The zero-order valence-electron chi connectivity index (χ0n) is 19.6. The number of hydrogen-bond acceptors (Lipinski definition) is 3. The molecule has 0 unspecified atom stereocenters. The lowest BCUT2D eigenvalue weighted by Crippen LogP contribution is -2.38. The highest BCUT2D eigenvalue weighted by molar-refractivity contribution is 5.94. The molecule has 0 aliphatic heterocycles. The highest BCUT2D eigenvalue weighted by Crippen LogP contribution is 2.31. The average Bonchev–Trinajstić information content (AvgIpc) is 2.80. The van der Waals surface area contributed by atoms with E-state index in [-0.39, 0.29) is 5.91 Å². The van der Waals surface area contributed by atoms with Crippen molar-refractivity contribution in [2.45, 2.75) is 39.0 Å². The van der Waals surface area contributed by atoms with Gasteiger partial charge >= 0.3 is 12.1 Å². The summed E-state index contributed by atoms with van der Waals surface area (Å²) in [6, 6.07) is 16.9. The van der Waals surface area contributed by atoms with Crippen molar-refractivity contribution in [3.8, 4) is 16.9 Å². The first-order valence-electron chi connectivity index (χ1n) is 10.9. The van der Waals surface area contributed by atoms with Gasteiger partial charge < -0.3 is 15.2 Å². The molecule has 0 spiro atoms. The van der Waals surface area contributed by atoms with Crippen molar-refractivity contribution in [1.82, 2.24) is 5.32 Å². The summed E-state index contributed by atoms with van der Waals surface area (Å²) in [4.78, 5) is 23.7. The van der Waals surface area contributed by atoms with E-state index in [0.717, 1.165) is 23.3 Å². The van der Waals surface area contributed by atoms with Crippen LogP contribution in [0.2, 0.25) is 0 Å². The molecule has 0 radical (unpaired) electrons. The maximum atomic E-state index is 12.7. The highest BCUT2D eigenvalue weighted by atomic mass is 19.4. The molecule has 0 heterocycles. The molecule has 3 rings (SSSR count). The normalized spacial score (nSPS) is 11.7. The van der Waals surface area contributed by atoms with Crippen molar-refractivity contribution in [3.63, 3.8) is 0 Å². The van der Waals surface area contributed by atoms with Crippen molar-refractivity contribution in [3.05, 3.63) is 89.0 Å². The number of carbonyl (C=O) groups is 2. The van der Waals surface area contributed by atoms with E-state index in [1.54, 1.807) is 30.3 Å². The van der Waals surface area contributed by atoms with Gasteiger partial charge in [0.05, 0.1) is 5.56 Å². The lowest BCUT2D eigenvalue weighted by Gasteiger charge is -2.23. The summed E-state index contributed by atoms with van der Waals surface area (Å²) in [6.07, 6.45) is -3.81. The number of ether oxygens (including phenoxy) is 1. The molecule has 5 nitrogen and oxygen atoms in total. The van der Waals surface area contributed by atoms with E-state index in [2.05, 4.69) is 5.32 Å². The predicted molar refractivity (Wildman–Crippen MR) is 126 cm³/mol. The first-order chi connectivity index (χ1) is 16.4. The van der Waals surface area contributed by atoms with Crippen LogP contribution in [-0.4, -0.2) is 29.1 Å². The zero-order chi connectivity index (χ0) is 25.8. The van der Waals surface area contributed by atoms with E-state index < -0.39 is 23.3 Å². The van der Waals surface area contributed by atoms with Crippen LogP contribution < -0.4 is 10.1 Å². The van der Waals surface area contributed by atoms with Crippen LogP contribution in [0.3, 0.4) is 0 Å². The van der Waals surface area contributed by atoms with Gasteiger partial charge in [-0.2, -0.15) is 13.2 Å². The molecule has 1 amide bonds. The Balaban J connectivity index is 1.55. The van der Waals surface area contributed by atoms with Gasteiger partial charge in [0.2, 0.25) is 0 Å². The largest absolute Gasteiger partial charge is 0.478 e. The smallest absolute Gasteiger partial charge is 0.416 e. The van der Waals surface area contributed by atoms with Crippen LogP contribution in [0.4, 0.5) is 13.2 Å². The van der Waals surface area contributed by atoms with E-state index in [1.807, 2.05) is 19.1 Å². The van der Waals surface area contributed by atoms with Crippen LogP contribution in [0.1, 0.15) is 40.9 Å². The minimum absolute atomic E-state index is 0.260. The number of nitrogens with one attached hydrogen (secondary N) is 1. The van der Waals surface area contributed by atoms with Crippen molar-refractivity contribution >= 4 is 11.9 Å². The molecule has 3 aromatic carbocycles. The first-order valence-corrected chi connectivity index (χ1v) is 10.9. The van der Waals surface area contributed by atoms with Crippen LogP contribution in [-0.2, 0) is 17.4 Å². The Kier molecular flexibility index (Phi) is 7.53. The summed E-state index contributed by atoms with van der Waals surface area (Å²) in [5.74, 6) is -0.835. The number of rotatable bonds is 8. The fraction of sp³-hybridized carbons (Fsp3) is 0.259. The molecule has 0 aromatic heterocycles. The fourth-order valence-corrected chi connectivity index (χ4v) is 3.39.